The maximum Gasteiger partial charge on any atom is 0.335 e. The lowest BCUT2D eigenvalue weighted by molar-refractivity contribution is -0.158. The Kier molecular flexibility index (Phi) is 4.02. The maximum atomic E-state index is 10.8. The van der Waals surface area contributed by atoms with Crippen LogP contribution in [0.4, 0.5) is 0 Å². The summed E-state index contributed by atoms with van der Waals surface area (Å²) in [7, 11) is 0. The lowest BCUT2D eigenvalue weighted by Gasteiger charge is -2.17. The van der Waals surface area contributed by atoms with Crippen molar-refractivity contribution < 1.29 is 24.6 Å². The highest BCUT2D eigenvalue weighted by atomic mass is 79.9. The van der Waals surface area contributed by atoms with E-state index in [1.54, 1.807) is 0 Å². The third-order valence-corrected chi connectivity index (χ3v) is 2.01. The van der Waals surface area contributed by atoms with Crippen molar-refractivity contribution in [3.8, 4) is 0 Å². The molecule has 0 saturated carbocycles. The first-order chi connectivity index (χ1) is 5.84. The van der Waals surface area contributed by atoms with Gasteiger partial charge in [-0.15, -0.1) is 0 Å². The molecule has 0 heterocycles. The Morgan fingerprint density at radius 3 is 1.85 bits per heavy atom. The normalized spacial score (nSPS) is 10.9. The van der Waals surface area contributed by atoms with E-state index in [9.17, 15) is 14.4 Å². The van der Waals surface area contributed by atoms with Gasteiger partial charge in [0.05, 0.1) is 5.33 Å². The molecule has 0 aliphatic heterocycles. The number of hydrogen-bond acceptors (Lipinski definition) is 4. The standard InChI is InChI=1S/C6H8BrNO5/c7-2-3(9)1-6(8,4(10)11)5(12)13/h1-2,8H2,(H,10,11)(H,12,13). The van der Waals surface area contributed by atoms with E-state index in [0.29, 0.717) is 0 Å². The van der Waals surface area contributed by atoms with Crippen molar-refractivity contribution in [2.45, 2.75) is 12.0 Å². The van der Waals surface area contributed by atoms with E-state index < -0.39 is 29.7 Å². The molecule has 0 rings (SSSR count). The fraction of sp³-hybridized carbons (Fsp3) is 0.500. The fourth-order valence-corrected chi connectivity index (χ4v) is 0.799. The molecule has 6 nitrogen and oxygen atoms in total. The van der Waals surface area contributed by atoms with Crippen LogP contribution in [0.3, 0.4) is 0 Å². The van der Waals surface area contributed by atoms with Gasteiger partial charge in [0.2, 0.25) is 5.54 Å². The van der Waals surface area contributed by atoms with Crippen molar-refractivity contribution in [3.05, 3.63) is 0 Å². The van der Waals surface area contributed by atoms with E-state index in [-0.39, 0.29) is 5.33 Å². The molecule has 0 aromatic rings. The predicted octanol–water partition coefficient (Wildman–Crippen LogP) is -0.793. The number of nitrogens with two attached hydrogens (primary N) is 1. The minimum atomic E-state index is -2.52. The van der Waals surface area contributed by atoms with Gasteiger partial charge in [0.1, 0.15) is 5.78 Å². The van der Waals surface area contributed by atoms with Crippen LogP contribution in [0.15, 0.2) is 0 Å². The van der Waals surface area contributed by atoms with Crippen molar-refractivity contribution in [2.24, 2.45) is 5.73 Å². The molecule has 13 heavy (non-hydrogen) atoms. The first-order valence-corrected chi connectivity index (χ1v) is 4.30. The first kappa shape index (κ1) is 12.0. The lowest BCUT2D eigenvalue weighted by Crippen LogP contribution is -2.56. The second-order valence-corrected chi connectivity index (χ2v) is 2.99. The van der Waals surface area contributed by atoms with Gasteiger partial charge < -0.3 is 15.9 Å². The molecule has 0 aromatic carbocycles. The van der Waals surface area contributed by atoms with Gasteiger partial charge in [0.15, 0.2) is 0 Å². The zero-order valence-electron chi connectivity index (χ0n) is 6.49. The van der Waals surface area contributed by atoms with Crippen LogP contribution in [0.5, 0.6) is 0 Å². The summed E-state index contributed by atoms with van der Waals surface area (Å²) in [6.45, 7) is 0. The van der Waals surface area contributed by atoms with Gasteiger partial charge in [-0.2, -0.15) is 0 Å². The number of carboxylic acid groups (broad SMARTS) is 2. The molecule has 0 atom stereocenters. The van der Waals surface area contributed by atoms with Gasteiger partial charge in [0, 0.05) is 6.42 Å². The van der Waals surface area contributed by atoms with Crippen molar-refractivity contribution in [1.82, 2.24) is 0 Å². The van der Waals surface area contributed by atoms with Crippen LogP contribution >= 0.6 is 15.9 Å². The number of carbonyl (C=O) groups excluding carboxylic acids is 1. The van der Waals surface area contributed by atoms with Crippen LogP contribution in [0.1, 0.15) is 6.42 Å². The van der Waals surface area contributed by atoms with E-state index in [2.05, 4.69) is 15.9 Å². The van der Waals surface area contributed by atoms with E-state index in [1.165, 1.54) is 0 Å². The van der Waals surface area contributed by atoms with Crippen molar-refractivity contribution in [3.63, 3.8) is 0 Å². The quantitative estimate of drug-likeness (QED) is 0.437. The fourth-order valence-electron chi connectivity index (χ4n) is 0.601. The van der Waals surface area contributed by atoms with E-state index in [4.69, 9.17) is 15.9 Å². The summed E-state index contributed by atoms with van der Waals surface area (Å²) in [5.74, 6) is -4.03. The number of alkyl halides is 1. The largest absolute Gasteiger partial charge is 0.479 e. The Morgan fingerprint density at radius 2 is 1.62 bits per heavy atom. The van der Waals surface area contributed by atoms with E-state index in [1.807, 2.05) is 0 Å². The number of carbonyl (C=O) groups is 3. The third kappa shape index (κ3) is 2.78. The van der Waals surface area contributed by atoms with Crippen molar-refractivity contribution in [1.29, 1.82) is 0 Å². The second-order valence-electron chi connectivity index (χ2n) is 2.43. The molecule has 4 N–H and O–H groups in total. The summed E-state index contributed by atoms with van der Waals surface area (Å²) < 4.78 is 0. The van der Waals surface area contributed by atoms with Gasteiger partial charge in [-0.1, -0.05) is 15.9 Å². The Bertz CT molecular complexity index is 237. The van der Waals surface area contributed by atoms with Gasteiger partial charge in [-0.25, -0.2) is 9.59 Å². The highest BCUT2D eigenvalue weighted by molar-refractivity contribution is 9.09. The second kappa shape index (κ2) is 4.33. The summed E-state index contributed by atoms with van der Waals surface area (Å²) in [4.78, 5) is 31.7. The Morgan fingerprint density at radius 1 is 1.23 bits per heavy atom. The average Bonchev–Trinajstić information content (AvgIpc) is 2.03. The predicted molar refractivity (Wildman–Crippen MR) is 45.6 cm³/mol. The molecule has 0 aliphatic carbocycles. The lowest BCUT2D eigenvalue weighted by atomic mass is 9.95. The average molecular weight is 254 g/mol. The highest BCUT2D eigenvalue weighted by Gasteiger charge is 2.44. The molecule has 0 radical (unpaired) electrons. The molecule has 0 spiro atoms. The van der Waals surface area contributed by atoms with Gasteiger partial charge in [-0.3, -0.25) is 4.79 Å². The van der Waals surface area contributed by atoms with Crippen molar-refractivity contribution >= 4 is 33.7 Å². The van der Waals surface area contributed by atoms with Crippen LogP contribution in [0.2, 0.25) is 0 Å². The van der Waals surface area contributed by atoms with Crippen LogP contribution in [-0.4, -0.2) is 38.8 Å². The smallest absolute Gasteiger partial charge is 0.335 e. The minimum Gasteiger partial charge on any atom is -0.479 e. The number of rotatable bonds is 5. The van der Waals surface area contributed by atoms with E-state index in [0.717, 1.165) is 0 Å². The van der Waals surface area contributed by atoms with Crippen molar-refractivity contribution in [2.75, 3.05) is 5.33 Å². The Hall–Kier alpha value is -0.950. The topological polar surface area (TPSA) is 118 Å². The summed E-state index contributed by atoms with van der Waals surface area (Å²) in [6, 6.07) is 0. The monoisotopic (exact) mass is 253 g/mol. The summed E-state index contributed by atoms with van der Waals surface area (Å²) in [5, 5.41) is 16.8. The Labute approximate surface area is 81.8 Å². The molecule has 0 aromatic heterocycles. The number of carboxylic acids is 2. The summed E-state index contributed by atoms with van der Waals surface area (Å²) in [6.07, 6.45) is -0.733. The van der Waals surface area contributed by atoms with Gasteiger partial charge in [0.25, 0.3) is 0 Å². The van der Waals surface area contributed by atoms with Crippen LogP contribution in [0, 0.1) is 0 Å². The summed E-state index contributed by atoms with van der Waals surface area (Å²) in [5.41, 5.74) is 2.50. The number of halogens is 1. The number of ketones is 1. The van der Waals surface area contributed by atoms with Crippen LogP contribution < -0.4 is 5.73 Å². The molecule has 0 unspecified atom stereocenters. The molecular formula is C6H8BrNO5. The minimum absolute atomic E-state index is 0.119. The van der Waals surface area contributed by atoms with Crippen LogP contribution in [0.25, 0.3) is 0 Å². The molecular weight excluding hydrogens is 246 g/mol. The molecule has 0 saturated heterocycles. The summed E-state index contributed by atoms with van der Waals surface area (Å²) >= 11 is 2.77. The molecule has 0 amide bonds. The maximum absolute atomic E-state index is 10.8. The molecule has 7 heteroatoms. The molecule has 0 fully saturated rings. The molecule has 0 aliphatic rings. The molecule has 0 bridgehead atoms. The van der Waals surface area contributed by atoms with E-state index >= 15 is 0 Å². The Balaban J connectivity index is 4.72. The zero-order valence-corrected chi connectivity index (χ0v) is 8.07. The first-order valence-electron chi connectivity index (χ1n) is 3.18. The van der Waals surface area contributed by atoms with Gasteiger partial charge >= 0.3 is 11.9 Å². The third-order valence-electron chi connectivity index (χ3n) is 1.39. The SMILES string of the molecule is NC(CC(=O)CBr)(C(=O)O)C(=O)O. The van der Waals surface area contributed by atoms with Crippen LogP contribution in [-0.2, 0) is 14.4 Å². The number of Topliss-reactive ketones (excluding diaryl/α,β-unsaturated/α-hetero) is 1. The zero-order chi connectivity index (χ0) is 10.6. The highest BCUT2D eigenvalue weighted by Crippen LogP contribution is 2.09. The number of hydrogen-bond donors (Lipinski definition) is 3. The van der Waals surface area contributed by atoms with Gasteiger partial charge in [-0.05, 0) is 0 Å². The molecule has 74 valence electrons. The number of aliphatic carboxylic acids is 2.